The van der Waals surface area contributed by atoms with Crippen LogP contribution in [0.4, 0.5) is 0 Å². The van der Waals surface area contributed by atoms with Gasteiger partial charge in [-0.3, -0.25) is 9.59 Å². The molecule has 2 aromatic rings. The average Bonchev–Trinajstić information content (AvgIpc) is 2.72. The third-order valence-corrected chi connectivity index (χ3v) is 5.88. The zero-order chi connectivity index (χ0) is 21.7. The van der Waals surface area contributed by atoms with Crippen LogP contribution in [0, 0.1) is 0 Å². The molecule has 1 fully saturated rings. The van der Waals surface area contributed by atoms with Gasteiger partial charge in [-0.15, -0.1) is 0 Å². The fraction of sp³-hybridized carbons (Fsp3) is 0.391. The molecule has 1 N–H and O–H groups in total. The summed E-state index contributed by atoms with van der Waals surface area (Å²) in [5.41, 5.74) is 1.80. The van der Waals surface area contributed by atoms with E-state index >= 15 is 0 Å². The van der Waals surface area contributed by atoms with Crippen LogP contribution in [0.1, 0.15) is 55.9 Å². The Hall–Kier alpha value is -2.08. The van der Waals surface area contributed by atoms with Gasteiger partial charge in [0.2, 0.25) is 5.91 Å². The van der Waals surface area contributed by atoms with Crippen LogP contribution in [0.2, 0.25) is 10.0 Å². The Labute approximate surface area is 186 Å². The average molecular weight is 450 g/mol. The van der Waals surface area contributed by atoms with Crippen molar-refractivity contribution in [2.24, 2.45) is 0 Å². The number of ether oxygens (including phenoxy) is 1. The molecule has 0 bridgehead atoms. The highest BCUT2D eigenvalue weighted by atomic mass is 35.5. The van der Waals surface area contributed by atoms with Gasteiger partial charge in [-0.1, -0.05) is 60.8 Å². The van der Waals surface area contributed by atoms with Gasteiger partial charge >= 0.3 is 5.97 Å². The van der Waals surface area contributed by atoms with Crippen LogP contribution in [-0.2, 0) is 14.3 Å². The molecular weight excluding hydrogens is 425 g/mol. The minimum atomic E-state index is -0.867. The fourth-order valence-corrected chi connectivity index (χ4v) is 4.28. The van der Waals surface area contributed by atoms with Crippen molar-refractivity contribution in [1.82, 2.24) is 4.90 Å². The molecule has 0 radical (unpaired) electrons. The number of morpholine rings is 1. The largest absolute Gasteiger partial charge is 0.481 e. The molecule has 0 spiro atoms. The van der Waals surface area contributed by atoms with E-state index in [1.165, 1.54) is 0 Å². The summed E-state index contributed by atoms with van der Waals surface area (Å²) in [6.45, 7) is 1.98. The maximum atomic E-state index is 13.0. The van der Waals surface area contributed by atoms with E-state index in [4.69, 9.17) is 27.9 Å². The lowest BCUT2D eigenvalue weighted by Crippen LogP contribution is -2.51. The van der Waals surface area contributed by atoms with Crippen LogP contribution in [0.25, 0.3) is 0 Å². The number of carboxylic acids is 1. The molecule has 1 saturated heterocycles. The molecule has 0 aromatic heterocycles. The Morgan fingerprint density at radius 2 is 1.63 bits per heavy atom. The third kappa shape index (κ3) is 5.34. The van der Waals surface area contributed by atoms with Gasteiger partial charge < -0.3 is 14.7 Å². The molecule has 1 amide bonds. The van der Waals surface area contributed by atoms with Crippen molar-refractivity contribution in [1.29, 1.82) is 0 Å². The highest BCUT2D eigenvalue weighted by Crippen LogP contribution is 2.42. The predicted molar refractivity (Wildman–Crippen MR) is 117 cm³/mol. The number of rotatable bonds is 8. The van der Waals surface area contributed by atoms with Gasteiger partial charge in [-0.2, -0.15) is 0 Å². The van der Waals surface area contributed by atoms with Crippen molar-refractivity contribution >= 4 is 35.1 Å². The summed E-state index contributed by atoms with van der Waals surface area (Å²) in [7, 11) is 0. The van der Waals surface area contributed by atoms with Crippen LogP contribution >= 0.6 is 23.2 Å². The standard InChI is InChI=1S/C23H25Cl2NO4/c1-2-3-19(12-13-21(28)29)26-20(27)14-30-23(16-6-10-18(25)11-7-16)22(26)15-4-8-17(24)9-5-15/h4-11,19,22-23H,2-3,12-14H2,1H3,(H,28,29)/t19-,22-,23+/m1/s1. The van der Waals surface area contributed by atoms with E-state index in [2.05, 4.69) is 0 Å². The van der Waals surface area contributed by atoms with E-state index in [0.717, 1.165) is 24.0 Å². The highest BCUT2D eigenvalue weighted by molar-refractivity contribution is 6.30. The molecule has 160 valence electrons. The highest BCUT2D eigenvalue weighted by Gasteiger charge is 2.41. The SMILES string of the molecule is CCC[C@H](CCC(=O)O)N1C(=O)CO[C@@H](c2ccc(Cl)cc2)[C@H]1c1ccc(Cl)cc1. The number of benzene rings is 2. The van der Waals surface area contributed by atoms with E-state index in [1.807, 2.05) is 36.1 Å². The molecule has 5 nitrogen and oxygen atoms in total. The lowest BCUT2D eigenvalue weighted by molar-refractivity contribution is -0.164. The Kier molecular flexibility index (Phi) is 7.75. The Bertz CT molecular complexity index is 870. The topological polar surface area (TPSA) is 66.8 Å². The number of carbonyl (C=O) groups is 2. The summed E-state index contributed by atoms with van der Waals surface area (Å²) < 4.78 is 6.01. The first-order valence-electron chi connectivity index (χ1n) is 10.1. The van der Waals surface area contributed by atoms with Crippen LogP contribution in [0.5, 0.6) is 0 Å². The first kappa shape index (κ1) is 22.6. The van der Waals surface area contributed by atoms with Gasteiger partial charge in [0.05, 0.1) is 6.04 Å². The number of nitrogens with zero attached hydrogens (tertiary/aromatic N) is 1. The number of hydrogen-bond acceptors (Lipinski definition) is 3. The summed E-state index contributed by atoms with van der Waals surface area (Å²) in [4.78, 5) is 26.1. The second kappa shape index (κ2) is 10.3. The van der Waals surface area contributed by atoms with Crippen LogP contribution < -0.4 is 0 Å². The molecule has 2 aromatic carbocycles. The maximum Gasteiger partial charge on any atom is 0.303 e. The zero-order valence-electron chi connectivity index (χ0n) is 16.8. The molecule has 1 aliphatic rings. The van der Waals surface area contributed by atoms with Gasteiger partial charge in [0.15, 0.2) is 0 Å². The number of hydrogen-bond donors (Lipinski definition) is 1. The number of amides is 1. The van der Waals surface area contributed by atoms with E-state index in [-0.39, 0.29) is 25.0 Å². The Balaban J connectivity index is 2.05. The zero-order valence-corrected chi connectivity index (χ0v) is 18.3. The van der Waals surface area contributed by atoms with Crippen molar-refractivity contribution in [3.8, 4) is 0 Å². The summed E-state index contributed by atoms with van der Waals surface area (Å²) in [6, 6.07) is 14.2. The molecule has 3 atom stereocenters. The fourth-order valence-electron chi connectivity index (χ4n) is 4.03. The lowest BCUT2D eigenvalue weighted by Gasteiger charge is -2.45. The Morgan fingerprint density at radius 3 is 2.17 bits per heavy atom. The van der Waals surface area contributed by atoms with Gasteiger partial charge in [-0.05, 0) is 48.2 Å². The van der Waals surface area contributed by atoms with Crippen molar-refractivity contribution < 1.29 is 19.4 Å². The van der Waals surface area contributed by atoms with E-state index in [9.17, 15) is 14.7 Å². The number of aliphatic carboxylic acids is 1. The van der Waals surface area contributed by atoms with E-state index < -0.39 is 18.1 Å². The van der Waals surface area contributed by atoms with Gasteiger partial charge in [0.25, 0.3) is 0 Å². The summed E-state index contributed by atoms with van der Waals surface area (Å²) in [5.74, 6) is -1.00. The Morgan fingerprint density at radius 1 is 1.07 bits per heavy atom. The summed E-state index contributed by atoms with van der Waals surface area (Å²) in [5, 5.41) is 10.4. The smallest absolute Gasteiger partial charge is 0.303 e. The number of halogens is 2. The predicted octanol–water partition coefficient (Wildman–Crippen LogP) is 5.67. The number of carboxylic acid groups (broad SMARTS) is 1. The molecule has 1 aliphatic heterocycles. The van der Waals surface area contributed by atoms with Crippen molar-refractivity contribution in [2.75, 3.05) is 6.61 Å². The number of carbonyl (C=O) groups excluding carboxylic acids is 1. The lowest BCUT2D eigenvalue weighted by atomic mass is 9.90. The minimum Gasteiger partial charge on any atom is -0.481 e. The van der Waals surface area contributed by atoms with E-state index in [0.29, 0.717) is 16.5 Å². The third-order valence-electron chi connectivity index (χ3n) is 5.38. The quantitative estimate of drug-likeness (QED) is 0.563. The molecule has 1 heterocycles. The van der Waals surface area contributed by atoms with Gasteiger partial charge in [-0.25, -0.2) is 0 Å². The van der Waals surface area contributed by atoms with E-state index in [1.54, 1.807) is 24.3 Å². The second-order valence-electron chi connectivity index (χ2n) is 7.46. The molecular formula is C23H25Cl2NO4. The maximum absolute atomic E-state index is 13.0. The summed E-state index contributed by atoms with van der Waals surface area (Å²) >= 11 is 12.2. The molecule has 0 unspecified atom stereocenters. The first-order valence-corrected chi connectivity index (χ1v) is 10.8. The second-order valence-corrected chi connectivity index (χ2v) is 8.33. The van der Waals surface area contributed by atoms with Crippen molar-refractivity contribution in [3.05, 3.63) is 69.7 Å². The van der Waals surface area contributed by atoms with Crippen molar-refractivity contribution in [2.45, 2.75) is 50.8 Å². The van der Waals surface area contributed by atoms with Crippen LogP contribution in [0.15, 0.2) is 48.5 Å². The molecule has 0 saturated carbocycles. The first-order chi connectivity index (χ1) is 14.4. The summed E-state index contributed by atoms with van der Waals surface area (Å²) in [6.07, 6.45) is 1.57. The molecule has 3 rings (SSSR count). The van der Waals surface area contributed by atoms with Crippen LogP contribution in [-0.4, -0.2) is 34.5 Å². The molecule has 7 heteroatoms. The molecule has 30 heavy (non-hydrogen) atoms. The monoisotopic (exact) mass is 449 g/mol. The minimum absolute atomic E-state index is 0.00819. The normalized spacial score (nSPS) is 20.2. The van der Waals surface area contributed by atoms with Crippen LogP contribution in [0.3, 0.4) is 0 Å². The molecule has 0 aliphatic carbocycles. The van der Waals surface area contributed by atoms with Crippen molar-refractivity contribution in [3.63, 3.8) is 0 Å². The van der Waals surface area contributed by atoms with Gasteiger partial charge in [0, 0.05) is 22.5 Å². The van der Waals surface area contributed by atoms with Gasteiger partial charge in [0.1, 0.15) is 12.7 Å².